The zero-order valence-electron chi connectivity index (χ0n) is 15.3. The van der Waals surface area contributed by atoms with Gasteiger partial charge in [-0.1, -0.05) is 22.0 Å². The summed E-state index contributed by atoms with van der Waals surface area (Å²) in [6.07, 6.45) is 5.11. The van der Waals surface area contributed by atoms with Gasteiger partial charge in [-0.3, -0.25) is 9.78 Å². The van der Waals surface area contributed by atoms with Gasteiger partial charge >= 0.3 is 0 Å². The topological polar surface area (TPSA) is 71.0 Å². The van der Waals surface area contributed by atoms with Gasteiger partial charge in [-0.25, -0.2) is 0 Å². The van der Waals surface area contributed by atoms with E-state index in [9.17, 15) is 4.79 Å². The first-order valence-corrected chi connectivity index (χ1v) is 10.0. The van der Waals surface area contributed by atoms with E-state index in [-0.39, 0.29) is 11.8 Å². The monoisotopic (exact) mass is 437 g/mol. The highest BCUT2D eigenvalue weighted by molar-refractivity contribution is 9.10. The molecule has 3 heterocycles. The molecule has 1 aromatic carbocycles. The maximum atomic E-state index is 12.5. The van der Waals surface area contributed by atoms with Crippen LogP contribution in [0.2, 0.25) is 0 Å². The second-order valence-corrected chi connectivity index (χ2v) is 7.70. The second-order valence-electron chi connectivity index (χ2n) is 6.78. The molecule has 2 aromatic heterocycles. The molecule has 1 saturated heterocycles. The Morgan fingerprint density at radius 1 is 1.07 bits per heavy atom. The average molecular weight is 438 g/mol. The van der Waals surface area contributed by atoms with E-state index in [1.54, 1.807) is 12.4 Å². The van der Waals surface area contributed by atoms with Gasteiger partial charge in [-0.15, -0.1) is 10.2 Å². The number of nitrogens with one attached hydrogen (secondary N) is 1. The zero-order chi connectivity index (χ0) is 19.3. The molecule has 7 heteroatoms. The number of benzene rings is 1. The third-order valence-corrected chi connectivity index (χ3v) is 5.38. The molecule has 1 aliphatic heterocycles. The van der Waals surface area contributed by atoms with Gasteiger partial charge in [0.25, 0.3) is 0 Å². The van der Waals surface area contributed by atoms with Gasteiger partial charge in [0, 0.05) is 47.1 Å². The van der Waals surface area contributed by atoms with Crippen LogP contribution in [0.25, 0.3) is 11.3 Å². The summed E-state index contributed by atoms with van der Waals surface area (Å²) < 4.78 is 0.952. The summed E-state index contributed by atoms with van der Waals surface area (Å²) in [7, 11) is 0. The summed E-state index contributed by atoms with van der Waals surface area (Å²) in [6, 6.07) is 15.5. The third-order valence-electron chi connectivity index (χ3n) is 4.89. The Morgan fingerprint density at radius 2 is 1.93 bits per heavy atom. The molecule has 0 unspecified atom stereocenters. The Labute approximate surface area is 172 Å². The number of aromatic nitrogens is 3. The lowest BCUT2D eigenvalue weighted by Crippen LogP contribution is -2.38. The Bertz CT molecular complexity index is 941. The van der Waals surface area contributed by atoms with Crippen molar-refractivity contribution in [1.82, 2.24) is 15.2 Å². The van der Waals surface area contributed by atoms with Crippen molar-refractivity contribution in [2.24, 2.45) is 5.92 Å². The molecule has 1 amide bonds. The maximum Gasteiger partial charge on any atom is 0.227 e. The smallest absolute Gasteiger partial charge is 0.227 e. The third kappa shape index (κ3) is 4.36. The van der Waals surface area contributed by atoms with Crippen LogP contribution in [0.5, 0.6) is 0 Å². The molecule has 1 aliphatic rings. The van der Waals surface area contributed by atoms with Gasteiger partial charge in [0.1, 0.15) is 0 Å². The van der Waals surface area contributed by atoms with Crippen molar-refractivity contribution in [2.75, 3.05) is 23.3 Å². The lowest BCUT2D eigenvalue weighted by molar-refractivity contribution is -0.120. The van der Waals surface area contributed by atoms with Gasteiger partial charge in [0.15, 0.2) is 5.82 Å². The van der Waals surface area contributed by atoms with Crippen LogP contribution in [-0.2, 0) is 4.79 Å². The molecule has 4 rings (SSSR count). The minimum Gasteiger partial charge on any atom is -0.355 e. The lowest BCUT2D eigenvalue weighted by atomic mass is 9.96. The first-order chi connectivity index (χ1) is 13.7. The first-order valence-electron chi connectivity index (χ1n) is 9.24. The number of rotatable bonds is 4. The summed E-state index contributed by atoms with van der Waals surface area (Å²) >= 11 is 3.43. The van der Waals surface area contributed by atoms with Crippen molar-refractivity contribution in [3.8, 4) is 11.3 Å². The number of pyridine rings is 1. The number of halogens is 1. The van der Waals surface area contributed by atoms with E-state index < -0.39 is 0 Å². The van der Waals surface area contributed by atoms with E-state index in [2.05, 4.69) is 41.3 Å². The zero-order valence-corrected chi connectivity index (χ0v) is 16.8. The molecule has 0 aliphatic carbocycles. The van der Waals surface area contributed by atoms with Crippen molar-refractivity contribution < 1.29 is 4.79 Å². The molecule has 0 spiro atoms. The highest BCUT2D eigenvalue weighted by Crippen LogP contribution is 2.25. The minimum absolute atomic E-state index is 0.0119. The number of amides is 1. The number of carbonyl (C=O) groups excluding carboxylic acids is 1. The fourth-order valence-corrected chi connectivity index (χ4v) is 3.74. The summed E-state index contributed by atoms with van der Waals surface area (Å²) in [6.45, 7) is 1.58. The molecule has 6 nitrogen and oxygen atoms in total. The SMILES string of the molecule is O=C(Nc1cccc(Br)c1)C1CCN(c2ccc(-c3cccnc3)nn2)CC1. The molecule has 0 atom stereocenters. The van der Waals surface area contributed by atoms with Gasteiger partial charge in [-0.2, -0.15) is 0 Å². The van der Waals surface area contributed by atoms with Gasteiger partial charge in [-0.05, 0) is 55.3 Å². The van der Waals surface area contributed by atoms with Crippen LogP contribution in [-0.4, -0.2) is 34.2 Å². The standard InChI is InChI=1S/C21H20BrN5O/c22-17-4-1-5-18(13-17)24-21(28)15-8-11-27(12-9-15)20-7-6-19(25-26-20)16-3-2-10-23-14-16/h1-7,10,13-15H,8-9,11-12H2,(H,24,28). The van der Waals surface area contributed by atoms with Gasteiger partial charge in [0.2, 0.25) is 5.91 Å². The van der Waals surface area contributed by atoms with Crippen LogP contribution in [0, 0.1) is 5.92 Å². The molecule has 0 saturated carbocycles. The fourth-order valence-electron chi connectivity index (χ4n) is 3.34. The summed E-state index contributed by atoms with van der Waals surface area (Å²) in [5.41, 5.74) is 2.57. The summed E-state index contributed by atoms with van der Waals surface area (Å²) in [5, 5.41) is 11.7. The molecule has 0 radical (unpaired) electrons. The van der Waals surface area contributed by atoms with Crippen molar-refractivity contribution in [1.29, 1.82) is 0 Å². The highest BCUT2D eigenvalue weighted by Gasteiger charge is 2.26. The van der Waals surface area contributed by atoms with Gasteiger partial charge in [0.05, 0.1) is 5.69 Å². The molecule has 142 valence electrons. The van der Waals surface area contributed by atoms with Gasteiger partial charge < -0.3 is 10.2 Å². The predicted octanol–water partition coefficient (Wildman–Crippen LogP) is 4.16. The molecule has 1 fully saturated rings. The predicted molar refractivity (Wildman–Crippen MR) is 113 cm³/mol. The van der Waals surface area contributed by atoms with Crippen molar-refractivity contribution in [3.05, 3.63) is 65.4 Å². The average Bonchev–Trinajstić information content (AvgIpc) is 2.75. The van der Waals surface area contributed by atoms with Crippen LogP contribution in [0.15, 0.2) is 65.4 Å². The fraction of sp³-hybridized carbons (Fsp3) is 0.238. The Kier molecular flexibility index (Phi) is 5.62. The van der Waals surface area contributed by atoms with Crippen LogP contribution >= 0.6 is 15.9 Å². The van der Waals surface area contributed by atoms with Crippen LogP contribution < -0.4 is 10.2 Å². The second kappa shape index (κ2) is 8.48. The van der Waals surface area contributed by atoms with E-state index >= 15 is 0 Å². The highest BCUT2D eigenvalue weighted by atomic mass is 79.9. The van der Waals surface area contributed by atoms with E-state index in [1.165, 1.54) is 0 Å². The van der Waals surface area contributed by atoms with E-state index in [0.29, 0.717) is 0 Å². The molecule has 1 N–H and O–H groups in total. The quantitative estimate of drug-likeness (QED) is 0.663. The van der Waals surface area contributed by atoms with Crippen LogP contribution in [0.1, 0.15) is 12.8 Å². The number of hydrogen-bond donors (Lipinski definition) is 1. The first kappa shape index (κ1) is 18.6. The van der Waals surface area contributed by atoms with Crippen LogP contribution in [0.4, 0.5) is 11.5 Å². The molecule has 0 bridgehead atoms. The lowest BCUT2D eigenvalue weighted by Gasteiger charge is -2.31. The van der Waals surface area contributed by atoms with E-state index in [1.807, 2.05) is 48.5 Å². The van der Waals surface area contributed by atoms with E-state index in [4.69, 9.17) is 0 Å². The Balaban J connectivity index is 1.34. The minimum atomic E-state index is 0.0119. The molecule has 3 aromatic rings. The molecular formula is C21H20BrN5O. The number of carbonyl (C=O) groups is 1. The Hall–Kier alpha value is -2.80. The number of anilines is 2. The number of piperidine rings is 1. The number of nitrogens with zero attached hydrogens (tertiary/aromatic N) is 4. The van der Waals surface area contributed by atoms with E-state index in [0.717, 1.165) is 53.2 Å². The van der Waals surface area contributed by atoms with Crippen molar-refractivity contribution >= 4 is 33.3 Å². The number of hydrogen-bond acceptors (Lipinski definition) is 5. The largest absolute Gasteiger partial charge is 0.355 e. The summed E-state index contributed by atoms with van der Waals surface area (Å²) in [5.74, 6) is 0.937. The normalized spacial score (nSPS) is 14.7. The maximum absolute atomic E-state index is 12.5. The van der Waals surface area contributed by atoms with Crippen molar-refractivity contribution in [3.63, 3.8) is 0 Å². The molecular weight excluding hydrogens is 418 g/mol. The van der Waals surface area contributed by atoms with Crippen LogP contribution in [0.3, 0.4) is 0 Å². The summed E-state index contributed by atoms with van der Waals surface area (Å²) in [4.78, 5) is 18.8. The Morgan fingerprint density at radius 3 is 2.61 bits per heavy atom. The van der Waals surface area contributed by atoms with Crippen molar-refractivity contribution in [2.45, 2.75) is 12.8 Å². The molecule has 28 heavy (non-hydrogen) atoms.